The molecule has 1 aromatic rings. The van der Waals surface area contributed by atoms with Gasteiger partial charge in [0.1, 0.15) is 16.9 Å². The smallest absolute Gasteiger partial charge is 0.328 e. The normalized spacial score (nSPS) is 19.5. The number of hydrogen-bond acceptors (Lipinski definition) is 4. The molecule has 0 aliphatic carbocycles. The largest absolute Gasteiger partial charge is 0.380 e. The van der Waals surface area contributed by atoms with Crippen molar-refractivity contribution in [2.24, 2.45) is 5.41 Å². The zero-order valence-corrected chi connectivity index (χ0v) is 15.1. The van der Waals surface area contributed by atoms with Gasteiger partial charge >= 0.3 is 6.03 Å². The van der Waals surface area contributed by atoms with Crippen LogP contribution >= 0.6 is 0 Å². The molecule has 1 saturated heterocycles. The number of halogens is 2. The molecule has 1 aliphatic rings. The molecule has 2 atom stereocenters. The van der Waals surface area contributed by atoms with E-state index in [-0.39, 0.29) is 12.2 Å². The summed E-state index contributed by atoms with van der Waals surface area (Å²) in [5.41, 5.74) is -0.568. The van der Waals surface area contributed by atoms with Crippen molar-refractivity contribution in [3.8, 4) is 0 Å². The van der Waals surface area contributed by atoms with Gasteiger partial charge in [-0.15, -0.1) is 0 Å². The minimum atomic E-state index is -3.89. The second-order valence-corrected chi connectivity index (χ2v) is 9.03. The number of ether oxygens (including phenoxy) is 1. The molecule has 2 amide bonds. The molecule has 1 aromatic carbocycles. The van der Waals surface area contributed by atoms with Gasteiger partial charge in [-0.1, -0.05) is 26.8 Å². The fourth-order valence-electron chi connectivity index (χ4n) is 2.63. The molecule has 0 spiro atoms. The van der Waals surface area contributed by atoms with E-state index >= 15 is 0 Å². The predicted octanol–water partition coefficient (Wildman–Crippen LogP) is 2.47. The van der Waals surface area contributed by atoms with Crippen LogP contribution in [0.4, 0.5) is 13.6 Å². The van der Waals surface area contributed by atoms with Crippen LogP contribution in [0, 0.1) is 17.0 Å². The first-order valence-corrected chi connectivity index (χ1v) is 9.40. The van der Waals surface area contributed by atoms with E-state index in [0.29, 0.717) is 13.0 Å². The lowest BCUT2D eigenvalue weighted by Crippen LogP contribution is -2.47. The summed E-state index contributed by atoms with van der Waals surface area (Å²) in [7, 11) is -3.89. The Morgan fingerprint density at radius 1 is 1.32 bits per heavy atom. The van der Waals surface area contributed by atoms with Crippen molar-refractivity contribution in [3.05, 3.63) is 35.4 Å². The summed E-state index contributed by atoms with van der Waals surface area (Å²) in [5, 5.41) is 1.68. The van der Waals surface area contributed by atoms with Gasteiger partial charge in [-0.2, -0.15) is 0 Å². The number of rotatable bonds is 4. The van der Waals surface area contributed by atoms with Gasteiger partial charge in [0.25, 0.3) is 0 Å². The van der Waals surface area contributed by atoms with E-state index in [0.717, 1.165) is 12.1 Å². The number of urea groups is 1. The monoisotopic (exact) mass is 376 g/mol. The van der Waals surface area contributed by atoms with Crippen LogP contribution in [-0.4, -0.2) is 32.9 Å². The van der Waals surface area contributed by atoms with Crippen LogP contribution in [0.1, 0.15) is 38.8 Å². The summed E-state index contributed by atoms with van der Waals surface area (Å²) in [6.45, 7) is 5.59. The minimum absolute atomic E-state index is 0.0257. The van der Waals surface area contributed by atoms with Gasteiger partial charge in [-0.05, 0) is 17.9 Å². The molecule has 2 rings (SSSR count). The number of nitrogens with one attached hydrogen (secondary N) is 2. The van der Waals surface area contributed by atoms with Crippen LogP contribution in [0.15, 0.2) is 18.2 Å². The summed E-state index contributed by atoms with van der Waals surface area (Å²) in [6.07, 6.45) is 0.303. The van der Waals surface area contributed by atoms with Crippen molar-refractivity contribution in [1.29, 1.82) is 0 Å². The second-order valence-electron chi connectivity index (χ2n) is 7.07. The van der Waals surface area contributed by atoms with E-state index < -0.39 is 44.4 Å². The maximum Gasteiger partial charge on any atom is 0.328 e. The number of sulfonamides is 1. The average Bonchev–Trinajstić information content (AvgIpc) is 2.99. The second kappa shape index (κ2) is 7.25. The van der Waals surface area contributed by atoms with E-state index in [1.165, 1.54) is 6.07 Å². The van der Waals surface area contributed by atoms with Crippen LogP contribution in [-0.2, 0) is 14.8 Å². The Bertz CT molecular complexity index is 741. The van der Waals surface area contributed by atoms with Gasteiger partial charge in [0.15, 0.2) is 0 Å². The van der Waals surface area contributed by atoms with Gasteiger partial charge in [-0.3, -0.25) is 0 Å². The molecule has 1 fully saturated rings. The first-order chi connectivity index (χ1) is 11.5. The summed E-state index contributed by atoms with van der Waals surface area (Å²) >= 11 is 0. The quantitative estimate of drug-likeness (QED) is 0.846. The van der Waals surface area contributed by atoms with Crippen LogP contribution < -0.4 is 10.0 Å². The lowest BCUT2D eigenvalue weighted by atomic mass is 9.82. The van der Waals surface area contributed by atoms with Crippen molar-refractivity contribution in [2.75, 3.05) is 13.2 Å². The third kappa shape index (κ3) is 4.88. The number of carbonyl (C=O) groups is 1. The molecule has 0 aromatic heterocycles. The van der Waals surface area contributed by atoms with Gasteiger partial charge in [0, 0.05) is 18.2 Å². The average molecular weight is 376 g/mol. The maximum atomic E-state index is 14.1. The van der Waals surface area contributed by atoms with Gasteiger partial charge in [-0.25, -0.2) is 26.7 Å². The molecule has 9 heteroatoms. The first kappa shape index (κ1) is 19.6. The minimum Gasteiger partial charge on any atom is -0.380 e. The highest BCUT2D eigenvalue weighted by atomic mass is 32.2. The van der Waals surface area contributed by atoms with E-state index in [2.05, 4.69) is 5.32 Å². The molecule has 2 unspecified atom stereocenters. The lowest BCUT2D eigenvalue weighted by molar-refractivity contribution is 0.198. The van der Waals surface area contributed by atoms with E-state index in [1.807, 2.05) is 4.72 Å². The molecular formula is C16H22F2N2O4S. The summed E-state index contributed by atoms with van der Waals surface area (Å²) in [4.78, 5) is 12.2. The first-order valence-electron chi connectivity index (χ1n) is 7.85. The maximum absolute atomic E-state index is 14.1. The van der Waals surface area contributed by atoms with Crippen LogP contribution in [0.25, 0.3) is 0 Å². The third-order valence-corrected chi connectivity index (χ3v) is 5.70. The topological polar surface area (TPSA) is 84.5 Å². The molecule has 140 valence electrons. The van der Waals surface area contributed by atoms with Crippen LogP contribution in [0.3, 0.4) is 0 Å². The van der Waals surface area contributed by atoms with E-state index in [9.17, 15) is 22.0 Å². The standard InChI is InChI=1S/C16H22F2N2O4S/c1-16(2,3)14(12-5-4-10(17)8-13(12)18)19-15(21)20-25(22,23)11-6-7-24-9-11/h4-5,8,11,14H,6-7,9H2,1-3H3,(H2,19,20,21). The van der Waals surface area contributed by atoms with Crippen LogP contribution in [0.2, 0.25) is 0 Å². The Morgan fingerprint density at radius 3 is 2.52 bits per heavy atom. The molecule has 0 saturated carbocycles. The molecular weight excluding hydrogens is 354 g/mol. The van der Waals surface area contributed by atoms with Gasteiger partial charge in [0.05, 0.1) is 12.6 Å². The highest BCUT2D eigenvalue weighted by Crippen LogP contribution is 2.34. The number of benzene rings is 1. The molecule has 2 N–H and O–H groups in total. The Hall–Kier alpha value is -1.74. The van der Waals surface area contributed by atoms with Crippen molar-refractivity contribution in [3.63, 3.8) is 0 Å². The van der Waals surface area contributed by atoms with Crippen molar-refractivity contribution < 1.29 is 26.7 Å². The summed E-state index contributed by atoms with van der Waals surface area (Å²) < 4.78 is 58.5. The Labute approximate surface area is 146 Å². The molecule has 1 heterocycles. The lowest BCUT2D eigenvalue weighted by Gasteiger charge is -2.32. The number of hydrogen-bond donors (Lipinski definition) is 2. The Morgan fingerprint density at radius 2 is 2.00 bits per heavy atom. The van der Waals surface area contributed by atoms with Crippen molar-refractivity contribution >= 4 is 16.1 Å². The molecule has 1 aliphatic heterocycles. The summed E-state index contributed by atoms with van der Waals surface area (Å²) in [6, 6.07) is 1.22. The van der Waals surface area contributed by atoms with Gasteiger partial charge in [0.2, 0.25) is 10.0 Å². The molecule has 6 nitrogen and oxygen atoms in total. The Kier molecular flexibility index (Phi) is 5.68. The summed E-state index contributed by atoms with van der Waals surface area (Å²) in [5.74, 6) is -1.55. The number of carbonyl (C=O) groups excluding carboxylic acids is 1. The third-order valence-electron chi connectivity index (χ3n) is 3.98. The Balaban J connectivity index is 2.18. The number of amides is 2. The fraction of sp³-hybridized carbons (Fsp3) is 0.562. The van der Waals surface area contributed by atoms with Gasteiger partial charge < -0.3 is 10.1 Å². The van der Waals surface area contributed by atoms with Crippen molar-refractivity contribution in [2.45, 2.75) is 38.5 Å². The molecule has 0 bridgehead atoms. The predicted molar refractivity (Wildman–Crippen MR) is 88.4 cm³/mol. The zero-order valence-electron chi connectivity index (χ0n) is 14.3. The van der Waals surface area contributed by atoms with E-state index in [4.69, 9.17) is 4.74 Å². The highest BCUT2D eigenvalue weighted by molar-refractivity contribution is 7.90. The van der Waals surface area contributed by atoms with Crippen LogP contribution in [0.5, 0.6) is 0 Å². The highest BCUT2D eigenvalue weighted by Gasteiger charge is 2.34. The fourth-order valence-corrected chi connectivity index (χ4v) is 3.79. The SMILES string of the molecule is CC(C)(C)C(NC(=O)NS(=O)(=O)C1CCOC1)c1ccc(F)cc1F. The van der Waals surface area contributed by atoms with E-state index in [1.54, 1.807) is 20.8 Å². The molecule has 0 radical (unpaired) electrons. The molecule has 25 heavy (non-hydrogen) atoms. The van der Waals surface area contributed by atoms with Crippen molar-refractivity contribution in [1.82, 2.24) is 10.0 Å². The zero-order chi connectivity index (χ0) is 18.8.